The highest BCUT2D eigenvalue weighted by atomic mass is 19.4. The number of ether oxygens (including phenoxy) is 1. The lowest BCUT2D eigenvalue weighted by atomic mass is 10.0. The summed E-state index contributed by atoms with van der Waals surface area (Å²) in [6.45, 7) is 1.61. The van der Waals surface area contributed by atoms with Gasteiger partial charge in [0, 0.05) is 5.56 Å². The summed E-state index contributed by atoms with van der Waals surface area (Å²) in [7, 11) is 0. The Morgan fingerprint density at radius 3 is 2.25 bits per heavy atom. The molecule has 0 saturated carbocycles. The third kappa shape index (κ3) is 4.09. The number of benzene rings is 2. The largest absolute Gasteiger partial charge is 0.491 e. The van der Waals surface area contributed by atoms with E-state index in [0.717, 1.165) is 0 Å². The second kappa shape index (κ2) is 6.69. The van der Waals surface area contributed by atoms with Gasteiger partial charge in [0.05, 0.1) is 5.69 Å². The van der Waals surface area contributed by atoms with Crippen LogP contribution < -0.4 is 5.32 Å². The van der Waals surface area contributed by atoms with E-state index in [1.165, 1.54) is 24.3 Å². The van der Waals surface area contributed by atoms with Crippen LogP contribution in [-0.4, -0.2) is 18.2 Å². The first-order valence-corrected chi connectivity index (χ1v) is 6.64. The highest BCUT2D eigenvalue weighted by Gasteiger charge is 2.42. The van der Waals surface area contributed by atoms with Crippen LogP contribution >= 0.6 is 0 Å². The van der Waals surface area contributed by atoms with Gasteiger partial charge in [0.1, 0.15) is 5.82 Å². The van der Waals surface area contributed by atoms with Crippen molar-refractivity contribution >= 4 is 17.7 Å². The number of alkyl halides is 3. The summed E-state index contributed by atoms with van der Waals surface area (Å²) in [5.41, 5.74) is 1.64. The van der Waals surface area contributed by atoms with Crippen LogP contribution in [0, 0.1) is 12.7 Å². The van der Waals surface area contributed by atoms with Gasteiger partial charge in [-0.15, -0.1) is 0 Å². The molecule has 0 spiro atoms. The van der Waals surface area contributed by atoms with E-state index < -0.39 is 24.1 Å². The molecule has 0 unspecified atom stereocenters. The summed E-state index contributed by atoms with van der Waals surface area (Å²) < 4.78 is 53.1. The van der Waals surface area contributed by atoms with Crippen LogP contribution in [0.25, 0.3) is 11.1 Å². The lowest BCUT2D eigenvalue weighted by Crippen LogP contribution is -2.30. The fourth-order valence-electron chi connectivity index (χ4n) is 1.97. The second-order valence-electron chi connectivity index (χ2n) is 4.80. The molecule has 126 valence electrons. The summed E-state index contributed by atoms with van der Waals surface area (Å²) >= 11 is 0. The van der Waals surface area contributed by atoms with E-state index in [4.69, 9.17) is 0 Å². The Kier molecular flexibility index (Phi) is 4.87. The molecule has 24 heavy (non-hydrogen) atoms. The van der Waals surface area contributed by atoms with Gasteiger partial charge in [-0.3, -0.25) is 5.32 Å². The van der Waals surface area contributed by atoms with E-state index in [-0.39, 0.29) is 5.69 Å². The zero-order valence-electron chi connectivity index (χ0n) is 12.3. The average Bonchev–Trinajstić information content (AvgIpc) is 2.49. The maximum atomic E-state index is 13.0. The predicted octanol–water partition coefficient (Wildman–Crippen LogP) is 4.44. The maximum absolute atomic E-state index is 13.0. The molecule has 0 heterocycles. The van der Waals surface area contributed by atoms with Crippen molar-refractivity contribution in [1.82, 2.24) is 0 Å². The molecule has 0 aromatic heterocycles. The predicted molar refractivity (Wildman–Crippen MR) is 77.7 cm³/mol. The van der Waals surface area contributed by atoms with Gasteiger partial charge in [0.25, 0.3) is 0 Å². The molecular weight excluding hydrogens is 330 g/mol. The molecule has 1 N–H and O–H groups in total. The van der Waals surface area contributed by atoms with Gasteiger partial charge in [-0.25, -0.2) is 14.0 Å². The topological polar surface area (TPSA) is 55.4 Å². The van der Waals surface area contributed by atoms with Crippen molar-refractivity contribution in [3.05, 3.63) is 53.8 Å². The van der Waals surface area contributed by atoms with Crippen molar-refractivity contribution in [3.8, 4) is 11.1 Å². The molecule has 0 aliphatic carbocycles. The Morgan fingerprint density at radius 2 is 1.67 bits per heavy atom. The lowest BCUT2D eigenvalue weighted by molar-refractivity contribution is -0.192. The van der Waals surface area contributed by atoms with Crippen LogP contribution in [0.15, 0.2) is 42.5 Å². The van der Waals surface area contributed by atoms with Gasteiger partial charge in [0.15, 0.2) is 0 Å². The molecule has 2 aromatic carbocycles. The summed E-state index contributed by atoms with van der Waals surface area (Å²) in [4.78, 5) is 22.2. The quantitative estimate of drug-likeness (QED) is 0.499. The van der Waals surface area contributed by atoms with Crippen molar-refractivity contribution in [2.75, 3.05) is 5.32 Å². The number of nitrogens with one attached hydrogen (secondary N) is 1. The van der Waals surface area contributed by atoms with Gasteiger partial charge in [-0.2, -0.15) is 13.2 Å². The Labute approximate surface area is 134 Å². The highest BCUT2D eigenvalue weighted by molar-refractivity contribution is 5.98. The molecule has 2 rings (SSSR count). The number of esters is 1. The molecule has 2 aromatic rings. The number of aryl methyl sites for hydroxylation is 1. The number of anilines is 1. The number of amides is 1. The Balaban J connectivity index is 2.29. The molecule has 8 heteroatoms. The number of rotatable bonds is 2. The molecule has 1 amide bonds. The summed E-state index contributed by atoms with van der Waals surface area (Å²) in [5, 5.41) is 2.12. The highest BCUT2D eigenvalue weighted by Crippen LogP contribution is 2.31. The second-order valence-corrected chi connectivity index (χ2v) is 4.80. The van der Waals surface area contributed by atoms with Crippen LogP contribution in [0.3, 0.4) is 0 Å². The number of hydrogen-bond acceptors (Lipinski definition) is 3. The third-order valence-electron chi connectivity index (χ3n) is 3.07. The van der Waals surface area contributed by atoms with Crippen LogP contribution in [0.1, 0.15) is 5.56 Å². The first-order valence-electron chi connectivity index (χ1n) is 6.64. The minimum Gasteiger partial charge on any atom is -0.369 e. The standard InChI is InChI=1S/C16H11F4NO3/c1-9-3-2-4-12(10-5-7-11(17)8-6-10)13(9)21-15(23)24-14(22)16(18,19)20/h2-8H,1H3,(H,21,23). The fourth-order valence-corrected chi connectivity index (χ4v) is 1.97. The van der Waals surface area contributed by atoms with E-state index in [1.54, 1.807) is 25.1 Å². The van der Waals surface area contributed by atoms with E-state index in [2.05, 4.69) is 10.1 Å². The van der Waals surface area contributed by atoms with Crippen LogP contribution in [0.2, 0.25) is 0 Å². The van der Waals surface area contributed by atoms with E-state index in [1.807, 2.05) is 0 Å². The summed E-state index contributed by atoms with van der Waals surface area (Å²) in [5.74, 6) is -3.08. The van der Waals surface area contributed by atoms with Crippen LogP contribution in [0.5, 0.6) is 0 Å². The van der Waals surface area contributed by atoms with Crippen LogP contribution in [0.4, 0.5) is 28.0 Å². The van der Waals surface area contributed by atoms with E-state index in [9.17, 15) is 27.2 Å². The number of carbonyl (C=O) groups excluding carboxylic acids is 2. The van der Waals surface area contributed by atoms with Gasteiger partial charge < -0.3 is 4.74 Å². The molecule has 0 aliphatic heterocycles. The van der Waals surface area contributed by atoms with Gasteiger partial charge >= 0.3 is 18.2 Å². The van der Waals surface area contributed by atoms with E-state index in [0.29, 0.717) is 16.7 Å². The van der Waals surface area contributed by atoms with Gasteiger partial charge in [0.2, 0.25) is 0 Å². The Morgan fingerprint density at radius 1 is 1.04 bits per heavy atom. The summed E-state index contributed by atoms with van der Waals surface area (Å²) in [6, 6.07) is 10.1. The van der Waals surface area contributed by atoms with Crippen molar-refractivity contribution in [2.45, 2.75) is 13.1 Å². The van der Waals surface area contributed by atoms with Crippen LogP contribution in [-0.2, 0) is 9.53 Å². The monoisotopic (exact) mass is 341 g/mol. The summed E-state index contributed by atoms with van der Waals surface area (Å²) in [6.07, 6.45) is -6.84. The van der Waals surface area contributed by atoms with Crippen molar-refractivity contribution in [2.24, 2.45) is 0 Å². The third-order valence-corrected chi connectivity index (χ3v) is 3.07. The molecule has 0 atom stereocenters. The first-order chi connectivity index (χ1) is 11.2. The smallest absolute Gasteiger partial charge is 0.369 e. The number of hydrogen-bond donors (Lipinski definition) is 1. The number of carbonyl (C=O) groups is 2. The molecular formula is C16H11F4NO3. The Bertz CT molecular complexity index is 770. The molecule has 0 aliphatic rings. The molecule has 0 saturated heterocycles. The lowest BCUT2D eigenvalue weighted by Gasteiger charge is -2.14. The van der Waals surface area contributed by atoms with E-state index >= 15 is 0 Å². The minimum absolute atomic E-state index is 0.157. The van der Waals surface area contributed by atoms with Crippen molar-refractivity contribution in [3.63, 3.8) is 0 Å². The molecule has 0 fully saturated rings. The fraction of sp³-hybridized carbons (Fsp3) is 0.125. The molecule has 0 bridgehead atoms. The zero-order valence-corrected chi connectivity index (χ0v) is 12.3. The van der Waals surface area contributed by atoms with Crippen molar-refractivity contribution < 1.29 is 31.9 Å². The zero-order chi connectivity index (χ0) is 17.9. The number of halogens is 4. The average molecular weight is 341 g/mol. The number of para-hydroxylation sites is 1. The molecule has 0 radical (unpaired) electrons. The van der Waals surface area contributed by atoms with Gasteiger partial charge in [-0.05, 0) is 30.2 Å². The maximum Gasteiger partial charge on any atom is 0.491 e. The normalized spacial score (nSPS) is 11.0. The first kappa shape index (κ1) is 17.5. The van der Waals surface area contributed by atoms with Crippen molar-refractivity contribution in [1.29, 1.82) is 0 Å². The SMILES string of the molecule is Cc1cccc(-c2ccc(F)cc2)c1NC(=O)OC(=O)C(F)(F)F. The minimum atomic E-state index is -5.27. The Hall–Kier alpha value is -2.90. The molecule has 4 nitrogen and oxygen atoms in total. The van der Waals surface area contributed by atoms with Gasteiger partial charge in [-0.1, -0.05) is 30.3 Å².